The molecule has 0 saturated carbocycles. The smallest absolute Gasteiger partial charge is 0.127 e. The molecule has 0 spiro atoms. The molecule has 0 saturated heterocycles. The zero-order valence-corrected chi connectivity index (χ0v) is 12.7. The number of benzene rings is 2. The van der Waals surface area contributed by atoms with Crippen molar-refractivity contribution < 1.29 is 4.39 Å². The van der Waals surface area contributed by atoms with Gasteiger partial charge < -0.3 is 0 Å². The van der Waals surface area contributed by atoms with Gasteiger partial charge in [0.05, 0.1) is 4.83 Å². The van der Waals surface area contributed by atoms with Crippen molar-refractivity contribution in [1.82, 2.24) is 0 Å². The fraction of sp³-hybridized carbons (Fsp3) is 0.143. The highest BCUT2D eigenvalue weighted by Crippen LogP contribution is 2.37. The van der Waals surface area contributed by atoms with Gasteiger partial charge in [-0.1, -0.05) is 62.9 Å². The van der Waals surface area contributed by atoms with Gasteiger partial charge in [0.2, 0.25) is 0 Å². The Hall–Kier alpha value is -0.570. The second-order valence-electron chi connectivity index (χ2n) is 4.05. The SMILES string of the molecule is Cc1ccc(F)c(C(Br)c2ccc(Cl)cc2Cl)c1. The third-order valence-electron chi connectivity index (χ3n) is 2.66. The lowest BCUT2D eigenvalue weighted by Crippen LogP contribution is -1.98. The Labute approximate surface area is 124 Å². The molecule has 0 aliphatic carbocycles. The number of hydrogen-bond donors (Lipinski definition) is 0. The molecule has 94 valence electrons. The van der Waals surface area contributed by atoms with Gasteiger partial charge >= 0.3 is 0 Å². The van der Waals surface area contributed by atoms with Crippen LogP contribution in [0.3, 0.4) is 0 Å². The summed E-state index contributed by atoms with van der Waals surface area (Å²) in [5.41, 5.74) is 2.37. The van der Waals surface area contributed by atoms with Gasteiger partial charge in [-0.05, 0) is 30.7 Å². The Morgan fingerprint density at radius 1 is 1.06 bits per heavy atom. The molecule has 0 aliphatic rings. The van der Waals surface area contributed by atoms with Crippen LogP contribution in [0.15, 0.2) is 36.4 Å². The summed E-state index contributed by atoms with van der Waals surface area (Å²) >= 11 is 15.5. The number of alkyl halides is 1. The Morgan fingerprint density at radius 2 is 1.78 bits per heavy atom. The predicted octanol–water partition coefficient (Wildman–Crippen LogP) is 5.93. The van der Waals surface area contributed by atoms with E-state index in [1.807, 2.05) is 6.92 Å². The highest BCUT2D eigenvalue weighted by molar-refractivity contribution is 9.09. The maximum absolute atomic E-state index is 13.8. The molecule has 4 heteroatoms. The van der Waals surface area contributed by atoms with Crippen molar-refractivity contribution in [3.05, 3.63) is 69.0 Å². The van der Waals surface area contributed by atoms with Gasteiger partial charge in [-0.25, -0.2) is 4.39 Å². The van der Waals surface area contributed by atoms with E-state index in [2.05, 4.69) is 15.9 Å². The average Bonchev–Trinajstić information content (AvgIpc) is 2.31. The third-order valence-corrected chi connectivity index (χ3v) is 4.21. The monoisotopic (exact) mass is 346 g/mol. The molecule has 0 bridgehead atoms. The van der Waals surface area contributed by atoms with Crippen LogP contribution in [0.2, 0.25) is 10.0 Å². The summed E-state index contributed by atoms with van der Waals surface area (Å²) in [5.74, 6) is -0.256. The molecule has 0 nitrogen and oxygen atoms in total. The van der Waals surface area contributed by atoms with E-state index >= 15 is 0 Å². The predicted molar refractivity (Wildman–Crippen MR) is 78.4 cm³/mol. The lowest BCUT2D eigenvalue weighted by molar-refractivity contribution is 0.613. The maximum Gasteiger partial charge on any atom is 0.127 e. The molecular formula is C14H10BrCl2F. The van der Waals surface area contributed by atoms with Gasteiger partial charge in [0.1, 0.15) is 5.82 Å². The summed E-state index contributed by atoms with van der Waals surface area (Å²) in [6.45, 7) is 1.92. The van der Waals surface area contributed by atoms with E-state index in [0.29, 0.717) is 15.6 Å². The van der Waals surface area contributed by atoms with Crippen molar-refractivity contribution in [3.8, 4) is 0 Å². The molecular weight excluding hydrogens is 338 g/mol. The lowest BCUT2D eigenvalue weighted by Gasteiger charge is -2.14. The second-order valence-corrected chi connectivity index (χ2v) is 5.81. The quantitative estimate of drug-likeness (QED) is 0.591. The zero-order valence-electron chi connectivity index (χ0n) is 9.55. The van der Waals surface area contributed by atoms with Crippen LogP contribution < -0.4 is 0 Å². The summed E-state index contributed by atoms with van der Waals surface area (Å²) in [6, 6.07) is 10.2. The first kappa shape index (κ1) is 13.9. The van der Waals surface area contributed by atoms with Crippen LogP contribution in [0.25, 0.3) is 0 Å². The molecule has 1 atom stereocenters. The summed E-state index contributed by atoms with van der Waals surface area (Å²) in [6.07, 6.45) is 0. The van der Waals surface area contributed by atoms with E-state index < -0.39 is 0 Å². The van der Waals surface area contributed by atoms with E-state index in [-0.39, 0.29) is 10.6 Å². The lowest BCUT2D eigenvalue weighted by atomic mass is 10.0. The fourth-order valence-electron chi connectivity index (χ4n) is 1.73. The molecule has 1 unspecified atom stereocenters. The highest BCUT2D eigenvalue weighted by atomic mass is 79.9. The largest absolute Gasteiger partial charge is 0.207 e. The Bertz CT molecular complexity index is 584. The number of hydrogen-bond acceptors (Lipinski definition) is 0. The van der Waals surface area contributed by atoms with Gasteiger partial charge in [0, 0.05) is 15.6 Å². The van der Waals surface area contributed by atoms with Gasteiger partial charge in [-0.15, -0.1) is 0 Å². The molecule has 0 N–H and O–H groups in total. The molecule has 0 aromatic heterocycles. The molecule has 0 radical (unpaired) electrons. The van der Waals surface area contributed by atoms with Crippen molar-refractivity contribution in [2.24, 2.45) is 0 Å². The molecule has 0 amide bonds. The van der Waals surface area contributed by atoms with Crippen LogP contribution in [0.1, 0.15) is 21.5 Å². The van der Waals surface area contributed by atoms with Crippen LogP contribution in [-0.4, -0.2) is 0 Å². The fourth-order valence-corrected chi connectivity index (χ4v) is 3.13. The van der Waals surface area contributed by atoms with Crippen LogP contribution in [0.5, 0.6) is 0 Å². The Morgan fingerprint density at radius 3 is 2.44 bits per heavy atom. The molecule has 0 heterocycles. The van der Waals surface area contributed by atoms with E-state index in [4.69, 9.17) is 23.2 Å². The second kappa shape index (κ2) is 5.60. The van der Waals surface area contributed by atoms with Crippen LogP contribution >= 0.6 is 39.1 Å². The van der Waals surface area contributed by atoms with E-state index in [1.165, 1.54) is 6.07 Å². The summed E-state index contributed by atoms with van der Waals surface area (Å²) in [5, 5.41) is 1.08. The summed E-state index contributed by atoms with van der Waals surface area (Å²) < 4.78 is 13.8. The normalized spacial score (nSPS) is 12.5. The van der Waals surface area contributed by atoms with Gasteiger partial charge in [-0.2, -0.15) is 0 Å². The van der Waals surface area contributed by atoms with Gasteiger partial charge in [0.15, 0.2) is 0 Å². The van der Waals surface area contributed by atoms with E-state index in [1.54, 1.807) is 30.3 Å². The van der Waals surface area contributed by atoms with Crippen molar-refractivity contribution in [3.63, 3.8) is 0 Å². The van der Waals surface area contributed by atoms with Gasteiger partial charge in [0.25, 0.3) is 0 Å². The minimum Gasteiger partial charge on any atom is -0.207 e. The van der Waals surface area contributed by atoms with Crippen LogP contribution in [-0.2, 0) is 0 Å². The Balaban J connectivity index is 2.47. The molecule has 2 aromatic carbocycles. The van der Waals surface area contributed by atoms with Crippen LogP contribution in [0, 0.1) is 12.7 Å². The first-order valence-corrected chi connectivity index (χ1v) is 7.01. The number of rotatable bonds is 2. The third kappa shape index (κ3) is 2.87. The standard InChI is InChI=1S/C14H10BrCl2F/c1-8-2-5-13(18)11(6-8)14(15)10-4-3-9(16)7-12(10)17/h2-7,14H,1H3. The van der Waals surface area contributed by atoms with Crippen molar-refractivity contribution in [2.75, 3.05) is 0 Å². The minimum atomic E-state index is -0.290. The first-order chi connectivity index (χ1) is 8.49. The topological polar surface area (TPSA) is 0 Å². The summed E-state index contributed by atoms with van der Waals surface area (Å²) in [4.78, 5) is -0.290. The summed E-state index contributed by atoms with van der Waals surface area (Å²) in [7, 11) is 0. The zero-order chi connectivity index (χ0) is 13.3. The van der Waals surface area contributed by atoms with Crippen molar-refractivity contribution >= 4 is 39.1 Å². The van der Waals surface area contributed by atoms with E-state index in [9.17, 15) is 4.39 Å². The molecule has 2 rings (SSSR count). The number of halogens is 4. The number of aryl methyl sites for hydroxylation is 1. The maximum atomic E-state index is 13.8. The molecule has 0 aliphatic heterocycles. The Kier molecular flexibility index (Phi) is 4.31. The van der Waals surface area contributed by atoms with Crippen molar-refractivity contribution in [2.45, 2.75) is 11.8 Å². The molecule has 0 fully saturated rings. The first-order valence-electron chi connectivity index (χ1n) is 5.34. The van der Waals surface area contributed by atoms with Gasteiger partial charge in [-0.3, -0.25) is 0 Å². The highest BCUT2D eigenvalue weighted by Gasteiger charge is 2.17. The molecule has 18 heavy (non-hydrogen) atoms. The molecule has 2 aromatic rings. The minimum absolute atomic E-state index is 0.256. The van der Waals surface area contributed by atoms with E-state index in [0.717, 1.165) is 11.1 Å². The average molecular weight is 348 g/mol. The van der Waals surface area contributed by atoms with Crippen LogP contribution in [0.4, 0.5) is 4.39 Å². The van der Waals surface area contributed by atoms with Crippen molar-refractivity contribution in [1.29, 1.82) is 0 Å².